The summed E-state index contributed by atoms with van der Waals surface area (Å²) >= 11 is 0. The molecule has 0 aromatic heterocycles. The molecule has 20 nitrogen and oxygen atoms in total. The first-order valence-electron chi connectivity index (χ1n) is 25.6. The van der Waals surface area contributed by atoms with Gasteiger partial charge in [0.25, 0.3) is 23.6 Å². The fourth-order valence-corrected chi connectivity index (χ4v) is 9.11. The minimum Gasteiger partial charge on any atom is -0.493 e. The Morgan fingerprint density at radius 1 is 0.649 bits per heavy atom. The molecular formula is C57H65N7O13. The molecular weight excluding hydrogens is 991 g/mol. The van der Waals surface area contributed by atoms with Crippen LogP contribution in [0, 0.1) is 11.8 Å². The summed E-state index contributed by atoms with van der Waals surface area (Å²) < 4.78 is 46.5. The van der Waals surface area contributed by atoms with E-state index in [-0.39, 0.29) is 56.0 Å². The third-order valence-electron chi connectivity index (χ3n) is 13.0. The number of hydrogen-bond donors (Lipinski definition) is 2. The molecule has 5 heterocycles. The second-order valence-electron chi connectivity index (χ2n) is 18.7. The molecule has 20 heteroatoms. The smallest absolute Gasteiger partial charge is 0.257 e. The standard InChI is InChI=1S/C57H65N7O13/c1-38-23-43-32-60-47-30-51(49(70-3)28-45(47)56(68)63(43)34-38)76-36-41-25-40(26-42(27-41)37-77-52-31-48-46(29-50(52)71-4)57(69)64-35-39(2)24-44(64)33-61-48)7-5-11-58-12-6-15-72-17-19-74-21-22-75-20-18-73-16-13-59-53(65)10-14-62-54(66)8-9-55(62)67/h8-9,25-33,43-44,58H,1-2,6,10-24,34-37H2,3-4H3,(H,59,65). The Morgan fingerprint density at radius 3 is 1.68 bits per heavy atom. The van der Waals surface area contributed by atoms with Crippen molar-refractivity contribution < 1.29 is 61.9 Å². The van der Waals surface area contributed by atoms with Crippen molar-refractivity contribution in [3.63, 3.8) is 0 Å². The lowest BCUT2D eigenvalue weighted by molar-refractivity contribution is -0.137. The van der Waals surface area contributed by atoms with E-state index in [1.54, 1.807) is 46.5 Å². The van der Waals surface area contributed by atoms with Gasteiger partial charge in [-0.3, -0.25) is 38.9 Å². The monoisotopic (exact) mass is 1060 g/mol. The number of ether oxygens (including phenoxy) is 8. The molecule has 3 aromatic rings. The van der Waals surface area contributed by atoms with Gasteiger partial charge in [0.05, 0.1) is 102 Å². The molecule has 0 bridgehead atoms. The summed E-state index contributed by atoms with van der Waals surface area (Å²) in [6, 6.07) is 12.4. The number of nitrogens with zero attached hydrogens (tertiary/aromatic N) is 5. The molecule has 406 valence electrons. The summed E-state index contributed by atoms with van der Waals surface area (Å²) in [6.45, 7) is 14.2. The Kier molecular flexibility index (Phi) is 19.8. The van der Waals surface area contributed by atoms with Crippen molar-refractivity contribution in [2.45, 2.75) is 51.0 Å². The summed E-state index contributed by atoms with van der Waals surface area (Å²) in [5.74, 6) is 6.83. The van der Waals surface area contributed by atoms with Gasteiger partial charge in [-0.05, 0) is 67.3 Å². The van der Waals surface area contributed by atoms with Crippen LogP contribution in [0.15, 0.2) is 88.9 Å². The first-order valence-corrected chi connectivity index (χ1v) is 25.6. The number of benzene rings is 3. The Bertz CT molecular complexity index is 2720. The minimum absolute atomic E-state index is 0.0337. The van der Waals surface area contributed by atoms with Gasteiger partial charge in [0.1, 0.15) is 13.2 Å². The van der Waals surface area contributed by atoms with Crippen molar-refractivity contribution >= 4 is 53.3 Å². The summed E-state index contributed by atoms with van der Waals surface area (Å²) in [5, 5.41) is 6.04. The maximum Gasteiger partial charge on any atom is 0.257 e. The highest BCUT2D eigenvalue weighted by Crippen LogP contribution is 2.40. The molecule has 2 saturated heterocycles. The Labute approximate surface area is 448 Å². The molecule has 0 radical (unpaired) electrons. The van der Waals surface area contributed by atoms with Crippen molar-refractivity contribution in [2.24, 2.45) is 9.98 Å². The van der Waals surface area contributed by atoms with E-state index in [9.17, 15) is 24.0 Å². The second-order valence-corrected chi connectivity index (χ2v) is 18.7. The molecule has 0 spiro atoms. The van der Waals surface area contributed by atoms with Crippen molar-refractivity contribution in [1.82, 2.24) is 25.3 Å². The average molecular weight is 1060 g/mol. The van der Waals surface area contributed by atoms with E-state index in [4.69, 9.17) is 37.9 Å². The first-order chi connectivity index (χ1) is 37.5. The predicted molar refractivity (Wildman–Crippen MR) is 286 cm³/mol. The van der Waals surface area contributed by atoms with Crippen LogP contribution in [0.4, 0.5) is 11.4 Å². The van der Waals surface area contributed by atoms with E-state index < -0.39 is 11.8 Å². The van der Waals surface area contributed by atoms with Crippen molar-refractivity contribution in [3.8, 4) is 34.8 Å². The van der Waals surface area contributed by atoms with Gasteiger partial charge in [0.15, 0.2) is 23.0 Å². The molecule has 0 saturated carbocycles. The van der Waals surface area contributed by atoms with Gasteiger partial charge < -0.3 is 58.3 Å². The highest BCUT2D eigenvalue weighted by atomic mass is 16.6. The Balaban J connectivity index is 0.776. The molecule has 77 heavy (non-hydrogen) atoms. The molecule has 2 fully saturated rings. The lowest BCUT2D eigenvalue weighted by Gasteiger charge is -2.20. The normalized spacial score (nSPS) is 17.2. The molecule has 0 aliphatic carbocycles. The number of fused-ring (bicyclic) bond motifs is 4. The molecule has 8 rings (SSSR count). The topological polar surface area (TPSA) is 218 Å². The number of hydrogen-bond acceptors (Lipinski definition) is 16. The largest absolute Gasteiger partial charge is 0.493 e. The SMILES string of the molecule is C=C1CC2C=Nc3cc(OCc4cc(C#CCNCCCOCCOCCOCCOCCNC(=O)CCN5C(=O)C=CC5=O)cc(COc5cc6c(cc5OC)C(=O)N5CC(=C)CC5C=N6)c4)c(OC)cc3C(=O)N2C1. The zero-order valence-electron chi connectivity index (χ0n) is 43.6. The van der Waals surface area contributed by atoms with Gasteiger partial charge in [-0.25, -0.2) is 0 Å². The second kappa shape index (κ2) is 27.4. The zero-order chi connectivity index (χ0) is 54.1. The summed E-state index contributed by atoms with van der Waals surface area (Å²) in [4.78, 5) is 76.2. The van der Waals surface area contributed by atoms with Crippen LogP contribution in [0.3, 0.4) is 0 Å². The van der Waals surface area contributed by atoms with Gasteiger partial charge in [0.2, 0.25) is 5.91 Å². The van der Waals surface area contributed by atoms with Gasteiger partial charge in [-0.2, -0.15) is 0 Å². The number of carbonyl (C=O) groups excluding carboxylic acids is 5. The number of nitrogens with one attached hydrogen (secondary N) is 2. The van der Waals surface area contributed by atoms with E-state index in [1.165, 1.54) is 26.4 Å². The van der Waals surface area contributed by atoms with Crippen molar-refractivity contribution in [2.75, 3.05) is 106 Å². The predicted octanol–water partition coefficient (Wildman–Crippen LogP) is 4.66. The van der Waals surface area contributed by atoms with Gasteiger partial charge >= 0.3 is 0 Å². The molecule has 5 aliphatic rings. The molecule has 5 aliphatic heterocycles. The highest BCUT2D eigenvalue weighted by molar-refractivity contribution is 6.13. The summed E-state index contributed by atoms with van der Waals surface area (Å²) in [5.41, 5.74) is 6.22. The van der Waals surface area contributed by atoms with Crippen LogP contribution >= 0.6 is 0 Å². The van der Waals surface area contributed by atoms with Crippen LogP contribution in [0.25, 0.3) is 0 Å². The van der Waals surface area contributed by atoms with Crippen LogP contribution in [-0.2, 0) is 46.5 Å². The highest BCUT2D eigenvalue weighted by Gasteiger charge is 2.36. The van der Waals surface area contributed by atoms with E-state index >= 15 is 0 Å². The van der Waals surface area contributed by atoms with Crippen LogP contribution in [0.2, 0.25) is 0 Å². The maximum absolute atomic E-state index is 13.6. The maximum atomic E-state index is 13.6. The number of aliphatic imine (C=N–C) groups is 2. The van der Waals surface area contributed by atoms with E-state index in [0.29, 0.717) is 144 Å². The van der Waals surface area contributed by atoms with Crippen LogP contribution in [0.1, 0.15) is 63.1 Å². The Hall–Kier alpha value is -7.67. The van der Waals surface area contributed by atoms with Crippen LogP contribution in [0.5, 0.6) is 23.0 Å². The summed E-state index contributed by atoms with van der Waals surface area (Å²) in [7, 11) is 3.07. The van der Waals surface area contributed by atoms with Gasteiger partial charge in [-0.1, -0.05) is 36.1 Å². The zero-order valence-corrected chi connectivity index (χ0v) is 43.6. The number of imide groups is 1. The van der Waals surface area contributed by atoms with Gasteiger partial charge in [-0.15, -0.1) is 0 Å². The van der Waals surface area contributed by atoms with Crippen LogP contribution in [-0.4, -0.2) is 175 Å². The fraction of sp³-hybridized carbons (Fsp3) is 0.421. The van der Waals surface area contributed by atoms with Gasteiger partial charge in [0, 0.05) is 81.5 Å². The number of carbonyl (C=O) groups is 5. The molecule has 5 amide bonds. The van der Waals surface area contributed by atoms with Crippen molar-refractivity contribution in [3.05, 3.63) is 107 Å². The quantitative estimate of drug-likeness (QED) is 0.0438. The fourth-order valence-electron chi connectivity index (χ4n) is 9.11. The minimum atomic E-state index is -0.409. The Morgan fingerprint density at radius 2 is 1.16 bits per heavy atom. The molecule has 3 aromatic carbocycles. The third-order valence-corrected chi connectivity index (χ3v) is 13.0. The number of rotatable bonds is 28. The lowest BCUT2D eigenvalue weighted by atomic mass is 10.1. The molecule has 2 atom stereocenters. The molecule has 2 unspecified atom stereocenters. The van der Waals surface area contributed by atoms with Crippen molar-refractivity contribution in [1.29, 1.82) is 0 Å². The summed E-state index contributed by atoms with van der Waals surface area (Å²) in [6.07, 6.45) is 8.13. The number of methoxy groups -OCH3 is 2. The molecule has 2 N–H and O–H groups in total. The van der Waals surface area contributed by atoms with E-state index in [0.717, 1.165) is 39.2 Å². The van der Waals surface area contributed by atoms with Crippen LogP contribution < -0.4 is 29.6 Å². The first kappa shape index (κ1) is 55.6. The van der Waals surface area contributed by atoms with E-state index in [2.05, 4.69) is 45.6 Å². The lowest BCUT2D eigenvalue weighted by Crippen LogP contribution is -2.35. The average Bonchev–Trinajstić information content (AvgIpc) is 4.10. The third kappa shape index (κ3) is 15.1. The van der Waals surface area contributed by atoms with E-state index in [1.807, 2.05) is 18.2 Å². The number of amides is 5.